The van der Waals surface area contributed by atoms with E-state index in [1.807, 2.05) is 32.0 Å². The maximum absolute atomic E-state index is 12.1. The molecule has 0 atom stereocenters. The minimum atomic E-state index is -0.0410. The van der Waals surface area contributed by atoms with Gasteiger partial charge < -0.3 is 5.32 Å². The summed E-state index contributed by atoms with van der Waals surface area (Å²) in [6.07, 6.45) is 2.14. The number of nitrogens with zero attached hydrogens (tertiary/aromatic N) is 2. The van der Waals surface area contributed by atoms with Gasteiger partial charge in [-0.05, 0) is 50.8 Å². The molecule has 0 aliphatic heterocycles. The SMILES string of the molecule is Cc1nc2ccc(C(=O)NCCCC(C)C)cc2nc1C. The number of carbonyl (C=O) groups excluding carboxylic acids is 1. The van der Waals surface area contributed by atoms with E-state index in [-0.39, 0.29) is 5.91 Å². The molecule has 0 unspecified atom stereocenters. The van der Waals surface area contributed by atoms with Crippen LogP contribution in [0.4, 0.5) is 0 Å². The first-order valence-corrected chi connectivity index (χ1v) is 7.50. The van der Waals surface area contributed by atoms with Crippen molar-refractivity contribution in [2.45, 2.75) is 40.5 Å². The Kier molecular flexibility index (Phi) is 4.89. The van der Waals surface area contributed by atoms with Gasteiger partial charge >= 0.3 is 0 Å². The maximum Gasteiger partial charge on any atom is 0.251 e. The summed E-state index contributed by atoms with van der Waals surface area (Å²) in [7, 11) is 0. The molecule has 0 spiro atoms. The van der Waals surface area contributed by atoms with Gasteiger partial charge in [-0.15, -0.1) is 0 Å². The summed E-state index contributed by atoms with van der Waals surface area (Å²) in [4.78, 5) is 21.1. The van der Waals surface area contributed by atoms with Crippen molar-refractivity contribution in [2.75, 3.05) is 6.54 Å². The Bertz CT molecular complexity index is 650. The quantitative estimate of drug-likeness (QED) is 0.856. The molecule has 21 heavy (non-hydrogen) atoms. The van der Waals surface area contributed by atoms with Crippen LogP contribution in [0.25, 0.3) is 11.0 Å². The third kappa shape index (κ3) is 4.00. The average Bonchev–Trinajstić information content (AvgIpc) is 2.44. The van der Waals surface area contributed by atoms with Gasteiger partial charge in [0.1, 0.15) is 0 Å². The summed E-state index contributed by atoms with van der Waals surface area (Å²) in [6, 6.07) is 5.48. The summed E-state index contributed by atoms with van der Waals surface area (Å²) >= 11 is 0. The Hall–Kier alpha value is -1.97. The van der Waals surface area contributed by atoms with E-state index in [4.69, 9.17) is 0 Å². The van der Waals surface area contributed by atoms with Crippen LogP contribution in [-0.4, -0.2) is 22.4 Å². The summed E-state index contributed by atoms with van der Waals surface area (Å²) in [5.74, 6) is 0.629. The van der Waals surface area contributed by atoms with Gasteiger partial charge in [0.2, 0.25) is 0 Å². The molecule has 0 aliphatic carbocycles. The number of amides is 1. The molecule has 1 aromatic heterocycles. The molecule has 0 radical (unpaired) electrons. The smallest absolute Gasteiger partial charge is 0.251 e. The molecular formula is C17H23N3O. The Morgan fingerprint density at radius 3 is 2.48 bits per heavy atom. The highest BCUT2D eigenvalue weighted by Crippen LogP contribution is 2.14. The largest absolute Gasteiger partial charge is 0.352 e. The van der Waals surface area contributed by atoms with Gasteiger partial charge in [-0.25, -0.2) is 9.97 Å². The van der Waals surface area contributed by atoms with E-state index in [0.29, 0.717) is 18.0 Å². The van der Waals surface area contributed by atoms with E-state index in [2.05, 4.69) is 29.1 Å². The van der Waals surface area contributed by atoms with Gasteiger partial charge in [-0.1, -0.05) is 13.8 Å². The molecule has 1 N–H and O–H groups in total. The van der Waals surface area contributed by atoms with Gasteiger partial charge in [0, 0.05) is 12.1 Å². The van der Waals surface area contributed by atoms with Crippen LogP contribution in [0.5, 0.6) is 0 Å². The number of fused-ring (bicyclic) bond motifs is 1. The van der Waals surface area contributed by atoms with Gasteiger partial charge in [-0.2, -0.15) is 0 Å². The van der Waals surface area contributed by atoms with Gasteiger partial charge in [0.05, 0.1) is 22.4 Å². The molecule has 112 valence electrons. The van der Waals surface area contributed by atoms with E-state index < -0.39 is 0 Å². The predicted molar refractivity (Wildman–Crippen MR) is 85.4 cm³/mol. The van der Waals surface area contributed by atoms with Crippen molar-refractivity contribution in [3.63, 3.8) is 0 Å². The van der Waals surface area contributed by atoms with Crippen LogP contribution in [0.3, 0.4) is 0 Å². The van der Waals surface area contributed by atoms with E-state index >= 15 is 0 Å². The highest BCUT2D eigenvalue weighted by atomic mass is 16.1. The molecule has 4 heteroatoms. The molecule has 4 nitrogen and oxygen atoms in total. The zero-order valence-electron chi connectivity index (χ0n) is 13.2. The molecule has 1 amide bonds. The lowest BCUT2D eigenvalue weighted by molar-refractivity contribution is 0.0952. The second kappa shape index (κ2) is 6.66. The van der Waals surface area contributed by atoms with Crippen molar-refractivity contribution in [3.05, 3.63) is 35.2 Å². The Labute approximate surface area is 126 Å². The van der Waals surface area contributed by atoms with E-state index in [9.17, 15) is 4.79 Å². The number of rotatable bonds is 5. The molecule has 0 saturated heterocycles. The van der Waals surface area contributed by atoms with Crippen LogP contribution in [-0.2, 0) is 0 Å². The summed E-state index contributed by atoms with van der Waals surface area (Å²) < 4.78 is 0. The number of benzene rings is 1. The Morgan fingerprint density at radius 1 is 1.14 bits per heavy atom. The fraction of sp³-hybridized carbons (Fsp3) is 0.471. The predicted octanol–water partition coefficient (Wildman–Crippen LogP) is 3.41. The molecule has 2 rings (SSSR count). The lowest BCUT2D eigenvalue weighted by atomic mass is 10.1. The number of hydrogen-bond donors (Lipinski definition) is 1. The normalized spacial score (nSPS) is 11.1. The van der Waals surface area contributed by atoms with Crippen molar-refractivity contribution in [3.8, 4) is 0 Å². The fourth-order valence-corrected chi connectivity index (χ4v) is 2.19. The second-order valence-electron chi connectivity index (χ2n) is 5.89. The van der Waals surface area contributed by atoms with Crippen molar-refractivity contribution in [1.82, 2.24) is 15.3 Å². The van der Waals surface area contributed by atoms with Crippen molar-refractivity contribution >= 4 is 16.9 Å². The van der Waals surface area contributed by atoms with Crippen LogP contribution in [0.1, 0.15) is 48.4 Å². The maximum atomic E-state index is 12.1. The van der Waals surface area contributed by atoms with Gasteiger partial charge in [0.25, 0.3) is 5.91 Å². The lowest BCUT2D eigenvalue weighted by Crippen LogP contribution is -2.24. The number of carbonyl (C=O) groups is 1. The van der Waals surface area contributed by atoms with E-state index in [1.165, 1.54) is 0 Å². The number of aryl methyl sites for hydroxylation is 2. The van der Waals surface area contributed by atoms with Gasteiger partial charge in [-0.3, -0.25) is 4.79 Å². The topological polar surface area (TPSA) is 54.9 Å². The first-order chi connectivity index (χ1) is 9.97. The Morgan fingerprint density at radius 2 is 1.81 bits per heavy atom. The lowest BCUT2D eigenvalue weighted by Gasteiger charge is -2.08. The zero-order chi connectivity index (χ0) is 15.4. The molecule has 1 heterocycles. The molecule has 0 aliphatic rings. The van der Waals surface area contributed by atoms with Crippen LogP contribution >= 0.6 is 0 Å². The van der Waals surface area contributed by atoms with Crippen molar-refractivity contribution in [1.29, 1.82) is 0 Å². The third-order valence-electron chi connectivity index (χ3n) is 3.58. The first-order valence-electron chi connectivity index (χ1n) is 7.50. The van der Waals surface area contributed by atoms with E-state index in [1.54, 1.807) is 0 Å². The van der Waals surface area contributed by atoms with Gasteiger partial charge in [0.15, 0.2) is 0 Å². The molecule has 0 saturated carbocycles. The van der Waals surface area contributed by atoms with Crippen molar-refractivity contribution in [2.24, 2.45) is 5.92 Å². The van der Waals surface area contributed by atoms with E-state index in [0.717, 1.165) is 35.3 Å². The molecule has 2 aromatic rings. The number of nitrogens with one attached hydrogen (secondary N) is 1. The van der Waals surface area contributed by atoms with Crippen LogP contribution < -0.4 is 5.32 Å². The molecule has 1 aromatic carbocycles. The number of aromatic nitrogens is 2. The summed E-state index contributed by atoms with van der Waals surface area (Å²) in [5.41, 5.74) is 4.07. The van der Waals surface area contributed by atoms with Crippen molar-refractivity contribution < 1.29 is 4.79 Å². The zero-order valence-corrected chi connectivity index (χ0v) is 13.2. The highest BCUT2D eigenvalue weighted by molar-refractivity contribution is 5.97. The molecule has 0 fully saturated rings. The minimum Gasteiger partial charge on any atom is -0.352 e. The Balaban J connectivity index is 2.08. The molecule has 0 bridgehead atoms. The monoisotopic (exact) mass is 285 g/mol. The number of hydrogen-bond acceptors (Lipinski definition) is 3. The van der Waals surface area contributed by atoms with Crippen LogP contribution in [0, 0.1) is 19.8 Å². The minimum absolute atomic E-state index is 0.0410. The highest BCUT2D eigenvalue weighted by Gasteiger charge is 2.08. The first kappa shape index (κ1) is 15.4. The molecular weight excluding hydrogens is 262 g/mol. The fourth-order valence-electron chi connectivity index (χ4n) is 2.19. The van der Waals surface area contributed by atoms with Crippen LogP contribution in [0.2, 0.25) is 0 Å². The van der Waals surface area contributed by atoms with Crippen LogP contribution in [0.15, 0.2) is 18.2 Å². The standard InChI is InChI=1S/C17H23N3O/c1-11(2)6-5-9-18-17(21)14-7-8-15-16(10-14)20-13(4)12(3)19-15/h7-8,10-11H,5-6,9H2,1-4H3,(H,18,21). The summed E-state index contributed by atoms with van der Waals surface area (Å²) in [6.45, 7) is 8.97. The second-order valence-corrected chi connectivity index (χ2v) is 5.89. The summed E-state index contributed by atoms with van der Waals surface area (Å²) in [5, 5.41) is 2.96. The third-order valence-corrected chi connectivity index (χ3v) is 3.58. The average molecular weight is 285 g/mol.